The third-order valence-electron chi connectivity index (χ3n) is 1.76. The quantitative estimate of drug-likeness (QED) is 0.720. The van der Waals surface area contributed by atoms with Gasteiger partial charge in [-0.25, -0.2) is 13.6 Å². The van der Waals surface area contributed by atoms with Gasteiger partial charge in [0.25, 0.3) is 0 Å². The zero-order valence-corrected chi connectivity index (χ0v) is 9.43. The minimum absolute atomic E-state index is 0.180. The highest BCUT2D eigenvalue weighted by Gasteiger charge is 2.07. The molecule has 0 amide bonds. The van der Waals surface area contributed by atoms with Crippen molar-refractivity contribution < 1.29 is 8.42 Å². The first kappa shape index (κ1) is 10.4. The Hall–Kier alpha value is -0.653. The fourth-order valence-corrected chi connectivity index (χ4v) is 2.33. The van der Waals surface area contributed by atoms with Crippen molar-refractivity contribution in [2.24, 2.45) is 5.14 Å². The smallest absolute Gasteiger partial charge is 0.225 e. The van der Waals surface area contributed by atoms with Gasteiger partial charge in [-0.15, -0.1) is 0 Å². The summed E-state index contributed by atoms with van der Waals surface area (Å²) in [6.45, 7) is 4.30. The molecule has 2 N–H and O–H groups in total. The van der Waals surface area contributed by atoms with Crippen molar-refractivity contribution in [1.82, 2.24) is 0 Å². The summed E-state index contributed by atoms with van der Waals surface area (Å²) in [7, 11) is -4.04. The van der Waals surface area contributed by atoms with E-state index in [9.17, 15) is 8.42 Å². The Morgan fingerprint density at radius 2 is 1.62 bits per heavy atom. The number of sulfonamides is 1. The van der Waals surface area contributed by atoms with Gasteiger partial charge in [0.1, 0.15) is 0 Å². The molecule has 5 heteroatoms. The summed E-state index contributed by atoms with van der Waals surface area (Å²) in [6, 6.07) is 6.77. The van der Waals surface area contributed by atoms with Crippen molar-refractivity contribution in [3.8, 4) is 0 Å². The van der Waals surface area contributed by atoms with Crippen molar-refractivity contribution in [1.29, 1.82) is 0 Å². The maximum Gasteiger partial charge on any atom is 0.238 e. The Morgan fingerprint density at radius 3 is 1.92 bits per heavy atom. The van der Waals surface area contributed by atoms with Gasteiger partial charge in [-0.1, -0.05) is 30.4 Å². The van der Waals surface area contributed by atoms with Crippen LogP contribution in [0.3, 0.4) is 0 Å². The van der Waals surface area contributed by atoms with E-state index >= 15 is 0 Å². The van der Waals surface area contributed by atoms with Crippen LogP contribution in [0.2, 0.25) is 13.1 Å². The fraction of sp³-hybridized carbons (Fsp3) is 0.250. The average molecular weight is 214 g/mol. The predicted molar refractivity (Wildman–Crippen MR) is 54.9 cm³/mol. The summed E-state index contributed by atoms with van der Waals surface area (Å²) in [4.78, 5) is 0.180. The topological polar surface area (TPSA) is 60.2 Å². The maximum absolute atomic E-state index is 10.9. The summed E-state index contributed by atoms with van der Waals surface area (Å²) in [6.07, 6.45) is 0. The molecule has 1 radical (unpaired) electrons. The first-order valence-electron chi connectivity index (χ1n) is 3.84. The largest absolute Gasteiger partial charge is 0.238 e. The summed E-state index contributed by atoms with van der Waals surface area (Å²) >= 11 is 0. The molecule has 0 saturated carbocycles. The van der Waals surface area contributed by atoms with E-state index in [0.717, 1.165) is 0 Å². The highest BCUT2D eigenvalue weighted by molar-refractivity contribution is 7.89. The van der Waals surface area contributed by atoms with Crippen LogP contribution in [-0.2, 0) is 10.0 Å². The predicted octanol–water partition coefficient (Wildman–Crippen LogP) is 0.295. The Kier molecular flexibility index (Phi) is 2.89. The molecule has 13 heavy (non-hydrogen) atoms. The maximum atomic E-state index is 10.9. The lowest BCUT2D eigenvalue weighted by Gasteiger charge is -2.03. The fourth-order valence-electron chi connectivity index (χ4n) is 0.978. The normalized spacial score (nSPS) is 12.0. The van der Waals surface area contributed by atoms with Gasteiger partial charge in [-0.2, -0.15) is 0 Å². The molecule has 0 aliphatic heterocycles. The van der Waals surface area contributed by atoms with Gasteiger partial charge in [0.05, 0.1) is 13.7 Å². The summed E-state index contributed by atoms with van der Waals surface area (Å²) in [5.74, 6) is 0. The van der Waals surface area contributed by atoms with E-state index < -0.39 is 18.8 Å². The number of benzene rings is 1. The monoisotopic (exact) mass is 214 g/mol. The zero-order valence-electron chi connectivity index (χ0n) is 7.61. The van der Waals surface area contributed by atoms with Crippen LogP contribution in [0.1, 0.15) is 0 Å². The summed E-state index contributed by atoms with van der Waals surface area (Å²) in [5.41, 5.74) is 0. The lowest BCUT2D eigenvalue weighted by molar-refractivity contribution is 0.598. The molecule has 3 nitrogen and oxygen atoms in total. The summed E-state index contributed by atoms with van der Waals surface area (Å²) < 4.78 is 21.8. The molecule has 1 aromatic carbocycles. The first-order valence-corrected chi connectivity index (χ1v) is 7.89. The second-order valence-corrected chi connectivity index (χ2v) is 7.21. The molecule has 0 aliphatic carbocycles. The van der Waals surface area contributed by atoms with Gasteiger partial charge in [0.2, 0.25) is 10.0 Å². The van der Waals surface area contributed by atoms with Crippen LogP contribution in [-0.4, -0.2) is 17.2 Å². The number of nitrogens with two attached hydrogens (primary N) is 1. The van der Waals surface area contributed by atoms with Crippen molar-refractivity contribution in [3.63, 3.8) is 0 Å². The Morgan fingerprint density at radius 1 is 1.15 bits per heavy atom. The number of hydrogen-bond acceptors (Lipinski definition) is 2. The molecule has 0 bridgehead atoms. The number of hydrogen-bond donors (Lipinski definition) is 1. The molecule has 71 valence electrons. The van der Waals surface area contributed by atoms with Gasteiger partial charge in [0, 0.05) is 0 Å². The Balaban J connectivity index is 3.08. The van der Waals surface area contributed by atoms with Gasteiger partial charge in [0.15, 0.2) is 0 Å². The van der Waals surface area contributed by atoms with Crippen molar-refractivity contribution in [3.05, 3.63) is 24.3 Å². The molecule has 0 aromatic heterocycles. The molecule has 1 rings (SSSR count). The van der Waals surface area contributed by atoms with E-state index in [2.05, 4.69) is 13.1 Å². The van der Waals surface area contributed by atoms with Crippen LogP contribution >= 0.6 is 0 Å². The third-order valence-corrected chi connectivity index (χ3v) is 4.18. The first-order chi connectivity index (χ1) is 5.91. The second-order valence-electron chi connectivity index (χ2n) is 3.07. The van der Waals surface area contributed by atoms with Crippen molar-refractivity contribution in [2.45, 2.75) is 18.0 Å². The molecule has 0 atom stereocenters. The van der Waals surface area contributed by atoms with E-state index in [-0.39, 0.29) is 4.90 Å². The molecule has 0 saturated heterocycles. The number of rotatable bonds is 2. The standard InChI is InChI=1S/C8H12NO2SSi/c1-13(2)8-5-3-7(4-6-8)12(9,10)11/h3-6H,1-2H3,(H2,9,10,11). The van der Waals surface area contributed by atoms with Crippen LogP contribution in [0.15, 0.2) is 29.2 Å². The number of primary sulfonamides is 1. The van der Waals surface area contributed by atoms with Crippen LogP contribution in [0.25, 0.3) is 0 Å². The zero-order chi connectivity index (χ0) is 10.1. The molecule has 0 aliphatic rings. The minimum Gasteiger partial charge on any atom is -0.225 e. The van der Waals surface area contributed by atoms with Crippen LogP contribution in [0.4, 0.5) is 0 Å². The van der Waals surface area contributed by atoms with Crippen LogP contribution in [0.5, 0.6) is 0 Å². The van der Waals surface area contributed by atoms with Crippen molar-refractivity contribution >= 4 is 24.0 Å². The van der Waals surface area contributed by atoms with Crippen LogP contribution in [0, 0.1) is 0 Å². The van der Waals surface area contributed by atoms with E-state index in [0.29, 0.717) is 0 Å². The highest BCUT2D eigenvalue weighted by Crippen LogP contribution is 2.03. The average Bonchev–Trinajstić information content (AvgIpc) is 2.03. The molecule has 0 unspecified atom stereocenters. The van der Waals surface area contributed by atoms with E-state index in [1.165, 1.54) is 5.19 Å². The van der Waals surface area contributed by atoms with E-state index in [1.807, 2.05) is 12.1 Å². The summed E-state index contributed by atoms with van der Waals surface area (Å²) in [5, 5.41) is 6.17. The molecule has 0 fully saturated rings. The molecular weight excluding hydrogens is 202 g/mol. The SMILES string of the molecule is C[Si](C)c1ccc(S(N)(=O)=O)cc1. The second kappa shape index (κ2) is 3.61. The highest BCUT2D eigenvalue weighted by atomic mass is 32.2. The van der Waals surface area contributed by atoms with Crippen LogP contribution < -0.4 is 10.3 Å². The molecule has 0 spiro atoms. The lowest BCUT2D eigenvalue weighted by atomic mass is 10.4. The van der Waals surface area contributed by atoms with Gasteiger partial charge in [-0.3, -0.25) is 0 Å². The van der Waals surface area contributed by atoms with E-state index in [1.54, 1.807) is 12.1 Å². The third kappa shape index (κ3) is 2.65. The minimum atomic E-state index is -3.53. The van der Waals surface area contributed by atoms with Gasteiger partial charge in [-0.05, 0) is 12.1 Å². The van der Waals surface area contributed by atoms with Crippen molar-refractivity contribution in [2.75, 3.05) is 0 Å². The molecule has 0 heterocycles. The van der Waals surface area contributed by atoms with Gasteiger partial charge >= 0.3 is 0 Å². The molecular formula is C8H12NO2SSi. The van der Waals surface area contributed by atoms with E-state index in [4.69, 9.17) is 5.14 Å². The lowest BCUT2D eigenvalue weighted by Crippen LogP contribution is -2.23. The Labute approximate surface area is 80.2 Å². The Bertz CT molecular complexity index is 383. The molecule has 1 aromatic rings. The van der Waals surface area contributed by atoms with Gasteiger partial charge < -0.3 is 0 Å².